The van der Waals surface area contributed by atoms with Crippen molar-refractivity contribution in [1.82, 2.24) is 5.32 Å². The van der Waals surface area contributed by atoms with Gasteiger partial charge in [-0.05, 0) is 24.9 Å². The standard InChI is InChI=1S/C10H17NO2/c1-9(2-4-12)6-11-7-10-3-5-13-8-10/h3,5,8-9,11-12H,2,4,6-7H2,1H3. The number of nitrogens with one attached hydrogen (secondary N) is 1. The second-order valence-corrected chi connectivity index (χ2v) is 3.38. The van der Waals surface area contributed by atoms with Crippen LogP contribution in [-0.2, 0) is 6.54 Å². The zero-order chi connectivity index (χ0) is 9.52. The minimum absolute atomic E-state index is 0.272. The summed E-state index contributed by atoms with van der Waals surface area (Å²) in [5.41, 5.74) is 1.16. The van der Waals surface area contributed by atoms with E-state index < -0.39 is 0 Å². The van der Waals surface area contributed by atoms with Gasteiger partial charge in [0.05, 0.1) is 12.5 Å². The molecule has 0 amide bonds. The van der Waals surface area contributed by atoms with E-state index in [0.717, 1.165) is 25.1 Å². The van der Waals surface area contributed by atoms with E-state index >= 15 is 0 Å². The monoisotopic (exact) mass is 183 g/mol. The summed E-state index contributed by atoms with van der Waals surface area (Å²) < 4.78 is 4.94. The number of aliphatic hydroxyl groups is 1. The van der Waals surface area contributed by atoms with E-state index in [2.05, 4.69) is 12.2 Å². The third kappa shape index (κ3) is 4.10. The van der Waals surface area contributed by atoms with Crippen LogP contribution in [0.1, 0.15) is 18.9 Å². The molecule has 0 aliphatic carbocycles. The quantitative estimate of drug-likeness (QED) is 0.700. The first-order chi connectivity index (χ1) is 6.33. The number of hydrogen-bond donors (Lipinski definition) is 2. The molecular weight excluding hydrogens is 166 g/mol. The van der Waals surface area contributed by atoms with E-state index in [4.69, 9.17) is 9.52 Å². The lowest BCUT2D eigenvalue weighted by Crippen LogP contribution is -2.21. The highest BCUT2D eigenvalue weighted by Crippen LogP contribution is 2.01. The van der Waals surface area contributed by atoms with Crippen molar-refractivity contribution in [3.8, 4) is 0 Å². The maximum Gasteiger partial charge on any atom is 0.0947 e. The maximum absolute atomic E-state index is 8.68. The summed E-state index contributed by atoms with van der Waals surface area (Å²) in [6.07, 6.45) is 4.27. The van der Waals surface area contributed by atoms with Crippen LogP contribution in [0.15, 0.2) is 23.0 Å². The van der Waals surface area contributed by atoms with Crippen LogP contribution >= 0.6 is 0 Å². The fourth-order valence-electron chi connectivity index (χ4n) is 1.18. The lowest BCUT2D eigenvalue weighted by molar-refractivity contribution is 0.260. The molecule has 3 heteroatoms. The van der Waals surface area contributed by atoms with E-state index in [-0.39, 0.29) is 6.61 Å². The van der Waals surface area contributed by atoms with Gasteiger partial charge in [0, 0.05) is 18.7 Å². The van der Waals surface area contributed by atoms with Gasteiger partial charge in [-0.2, -0.15) is 0 Å². The zero-order valence-electron chi connectivity index (χ0n) is 7.99. The molecule has 13 heavy (non-hydrogen) atoms. The Hall–Kier alpha value is -0.800. The third-order valence-corrected chi connectivity index (χ3v) is 2.02. The van der Waals surface area contributed by atoms with Crippen molar-refractivity contribution >= 4 is 0 Å². The zero-order valence-corrected chi connectivity index (χ0v) is 7.99. The van der Waals surface area contributed by atoms with Gasteiger partial charge in [0.25, 0.3) is 0 Å². The molecule has 0 aromatic carbocycles. The Morgan fingerprint density at radius 2 is 2.46 bits per heavy atom. The molecule has 1 aromatic heterocycles. The van der Waals surface area contributed by atoms with Crippen LogP contribution in [0, 0.1) is 5.92 Å². The van der Waals surface area contributed by atoms with Gasteiger partial charge in [-0.1, -0.05) is 6.92 Å². The van der Waals surface area contributed by atoms with E-state index in [1.807, 2.05) is 6.07 Å². The molecule has 0 aliphatic rings. The van der Waals surface area contributed by atoms with Crippen molar-refractivity contribution in [1.29, 1.82) is 0 Å². The highest BCUT2D eigenvalue weighted by atomic mass is 16.3. The first-order valence-corrected chi connectivity index (χ1v) is 4.65. The molecule has 0 aliphatic heterocycles. The van der Waals surface area contributed by atoms with E-state index in [9.17, 15) is 0 Å². The summed E-state index contributed by atoms with van der Waals surface area (Å²) in [5.74, 6) is 0.525. The van der Waals surface area contributed by atoms with Crippen molar-refractivity contribution in [3.05, 3.63) is 24.2 Å². The molecular formula is C10H17NO2. The summed E-state index contributed by atoms with van der Waals surface area (Å²) in [5, 5.41) is 12.0. The summed E-state index contributed by atoms with van der Waals surface area (Å²) >= 11 is 0. The van der Waals surface area contributed by atoms with Crippen LogP contribution < -0.4 is 5.32 Å². The molecule has 0 fully saturated rings. The average Bonchev–Trinajstić information content (AvgIpc) is 2.57. The Bertz CT molecular complexity index is 209. The molecule has 0 spiro atoms. The second-order valence-electron chi connectivity index (χ2n) is 3.38. The molecule has 1 unspecified atom stereocenters. The van der Waals surface area contributed by atoms with Gasteiger partial charge < -0.3 is 14.8 Å². The van der Waals surface area contributed by atoms with Gasteiger partial charge in [-0.15, -0.1) is 0 Å². The minimum Gasteiger partial charge on any atom is -0.472 e. The van der Waals surface area contributed by atoms with Crippen molar-refractivity contribution in [2.75, 3.05) is 13.2 Å². The molecule has 1 heterocycles. The Morgan fingerprint density at radius 3 is 3.08 bits per heavy atom. The van der Waals surface area contributed by atoms with Crippen LogP contribution in [0.4, 0.5) is 0 Å². The van der Waals surface area contributed by atoms with Crippen molar-refractivity contribution < 1.29 is 9.52 Å². The molecule has 2 N–H and O–H groups in total. The lowest BCUT2D eigenvalue weighted by atomic mass is 10.1. The Kier molecular flexibility index (Phi) is 4.57. The topological polar surface area (TPSA) is 45.4 Å². The Balaban J connectivity index is 2.07. The number of aliphatic hydroxyl groups excluding tert-OH is 1. The average molecular weight is 183 g/mol. The maximum atomic E-state index is 8.68. The van der Waals surface area contributed by atoms with Crippen molar-refractivity contribution in [3.63, 3.8) is 0 Å². The largest absolute Gasteiger partial charge is 0.472 e. The first kappa shape index (κ1) is 10.3. The van der Waals surface area contributed by atoms with Gasteiger partial charge in [0.1, 0.15) is 0 Å². The molecule has 1 atom stereocenters. The lowest BCUT2D eigenvalue weighted by Gasteiger charge is -2.09. The predicted octanol–water partition coefficient (Wildman–Crippen LogP) is 1.39. The van der Waals surface area contributed by atoms with E-state index in [1.54, 1.807) is 12.5 Å². The summed E-state index contributed by atoms with van der Waals surface area (Å²) in [6.45, 7) is 4.17. The van der Waals surface area contributed by atoms with Crippen LogP contribution in [0.25, 0.3) is 0 Å². The molecule has 0 radical (unpaired) electrons. The molecule has 0 saturated carbocycles. The second kappa shape index (κ2) is 5.78. The highest BCUT2D eigenvalue weighted by Gasteiger charge is 2.00. The fraction of sp³-hybridized carbons (Fsp3) is 0.600. The van der Waals surface area contributed by atoms with Crippen molar-refractivity contribution in [2.45, 2.75) is 19.9 Å². The van der Waals surface area contributed by atoms with Gasteiger partial charge in [0.15, 0.2) is 0 Å². The van der Waals surface area contributed by atoms with E-state index in [0.29, 0.717) is 5.92 Å². The smallest absolute Gasteiger partial charge is 0.0947 e. The van der Waals surface area contributed by atoms with Gasteiger partial charge >= 0.3 is 0 Å². The molecule has 3 nitrogen and oxygen atoms in total. The van der Waals surface area contributed by atoms with Crippen molar-refractivity contribution in [2.24, 2.45) is 5.92 Å². The number of rotatable bonds is 6. The molecule has 1 aromatic rings. The Morgan fingerprint density at radius 1 is 1.62 bits per heavy atom. The summed E-state index contributed by atoms with van der Waals surface area (Å²) in [4.78, 5) is 0. The molecule has 74 valence electrons. The van der Waals surface area contributed by atoms with Gasteiger partial charge in [-0.25, -0.2) is 0 Å². The SMILES string of the molecule is CC(CCO)CNCc1ccoc1. The first-order valence-electron chi connectivity index (χ1n) is 4.65. The molecule has 0 saturated heterocycles. The number of hydrogen-bond acceptors (Lipinski definition) is 3. The fourth-order valence-corrected chi connectivity index (χ4v) is 1.18. The highest BCUT2D eigenvalue weighted by molar-refractivity contribution is 5.04. The van der Waals surface area contributed by atoms with Crippen LogP contribution in [-0.4, -0.2) is 18.3 Å². The molecule has 0 bridgehead atoms. The Labute approximate surface area is 78.8 Å². The third-order valence-electron chi connectivity index (χ3n) is 2.02. The van der Waals surface area contributed by atoms with Gasteiger partial charge in [0.2, 0.25) is 0 Å². The molecule has 1 rings (SSSR count). The van der Waals surface area contributed by atoms with Gasteiger partial charge in [-0.3, -0.25) is 0 Å². The van der Waals surface area contributed by atoms with E-state index in [1.165, 1.54) is 0 Å². The number of furan rings is 1. The van der Waals surface area contributed by atoms with Crippen LogP contribution in [0.5, 0.6) is 0 Å². The predicted molar refractivity (Wildman–Crippen MR) is 51.3 cm³/mol. The summed E-state index contributed by atoms with van der Waals surface area (Å²) in [7, 11) is 0. The minimum atomic E-state index is 0.272. The van der Waals surface area contributed by atoms with Crippen LogP contribution in [0.3, 0.4) is 0 Å². The summed E-state index contributed by atoms with van der Waals surface area (Å²) in [6, 6.07) is 1.95. The normalized spacial score (nSPS) is 13.1. The van der Waals surface area contributed by atoms with Crippen LogP contribution in [0.2, 0.25) is 0 Å².